The molecule has 0 aromatic carbocycles. The van der Waals surface area contributed by atoms with Gasteiger partial charge in [-0.05, 0) is 77.6 Å². The van der Waals surface area contributed by atoms with E-state index >= 15 is 0 Å². The normalized spacial score (nSPS) is 15.7. The molecule has 0 saturated heterocycles. The summed E-state index contributed by atoms with van der Waals surface area (Å²) < 4.78 is 19.2. The fourth-order valence-corrected chi connectivity index (χ4v) is 3.03. The molecule has 0 aliphatic heterocycles. The quantitative estimate of drug-likeness (QED) is 0.280. The van der Waals surface area contributed by atoms with E-state index in [1.54, 1.807) is 0 Å². The minimum atomic E-state index is -0.239. The van der Waals surface area contributed by atoms with Crippen LogP contribution in [-0.4, -0.2) is 36.1 Å². The minimum Gasteiger partial charge on any atom is -0.375 e. The third kappa shape index (κ3) is 12.1. The summed E-state index contributed by atoms with van der Waals surface area (Å²) in [7, 11) is 0. The molecule has 0 radical (unpaired) electrons. The first-order chi connectivity index (χ1) is 13.2. The second kappa shape index (κ2) is 11.1. The van der Waals surface area contributed by atoms with E-state index in [9.17, 15) is 0 Å². The fraction of sp³-hybridized carbons (Fsp3) is 1.00. The van der Waals surface area contributed by atoms with Crippen LogP contribution in [0.5, 0.6) is 0 Å². The standard InChI is InChI=1S/C27H56O3/c1-15-25(9,10)28-19-17-26(11,12)30-22(23(4,5)6)20-27(13,14)29-18-16-24(7,8)21(2)3/h21-22H,15-20H2,1-14H3. The second-order valence-electron chi connectivity index (χ2n) is 13.1. The Kier molecular flexibility index (Phi) is 11.1. The van der Waals surface area contributed by atoms with Crippen LogP contribution < -0.4 is 0 Å². The first-order valence-electron chi connectivity index (χ1n) is 12.2. The van der Waals surface area contributed by atoms with Gasteiger partial charge in [-0.15, -0.1) is 0 Å². The molecule has 0 bridgehead atoms. The lowest BCUT2D eigenvalue weighted by atomic mass is 9.78. The molecule has 0 rings (SSSR count). The molecule has 3 nitrogen and oxygen atoms in total. The van der Waals surface area contributed by atoms with Crippen LogP contribution >= 0.6 is 0 Å². The molecule has 30 heavy (non-hydrogen) atoms. The van der Waals surface area contributed by atoms with Crippen molar-refractivity contribution >= 4 is 0 Å². The lowest BCUT2D eigenvalue weighted by molar-refractivity contribution is -0.159. The van der Waals surface area contributed by atoms with Gasteiger partial charge < -0.3 is 14.2 Å². The molecule has 0 aliphatic carbocycles. The van der Waals surface area contributed by atoms with Crippen LogP contribution in [-0.2, 0) is 14.2 Å². The zero-order valence-electron chi connectivity index (χ0n) is 23.1. The van der Waals surface area contributed by atoms with Gasteiger partial charge in [0.15, 0.2) is 0 Å². The van der Waals surface area contributed by atoms with Gasteiger partial charge in [-0.25, -0.2) is 0 Å². The maximum atomic E-state index is 6.71. The van der Waals surface area contributed by atoms with Crippen LogP contribution in [0, 0.1) is 16.7 Å². The summed E-state index contributed by atoms with van der Waals surface area (Å²) in [6.45, 7) is 32.8. The molecule has 0 heterocycles. The van der Waals surface area contributed by atoms with Crippen molar-refractivity contribution in [3.05, 3.63) is 0 Å². The zero-order valence-corrected chi connectivity index (χ0v) is 23.1. The van der Waals surface area contributed by atoms with Crippen molar-refractivity contribution < 1.29 is 14.2 Å². The van der Waals surface area contributed by atoms with Gasteiger partial charge in [-0.1, -0.05) is 55.4 Å². The van der Waals surface area contributed by atoms with Crippen molar-refractivity contribution in [1.29, 1.82) is 0 Å². The molecule has 0 aliphatic rings. The fourth-order valence-electron chi connectivity index (χ4n) is 3.03. The Morgan fingerprint density at radius 1 is 0.633 bits per heavy atom. The van der Waals surface area contributed by atoms with Gasteiger partial charge in [0, 0.05) is 13.0 Å². The second-order valence-corrected chi connectivity index (χ2v) is 13.1. The van der Waals surface area contributed by atoms with Gasteiger partial charge in [-0.2, -0.15) is 0 Å². The first kappa shape index (κ1) is 29.9. The van der Waals surface area contributed by atoms with E-state index in [0.29, 0.717) is 11.3 Å². The SMILES string of the molecule is CCC(C)(C)OCCC(C)(C)OC(CC(C)(C)OCCC(C)(C)C(C)C)C(C)(C)C. The molecule has 0 fully saturated rings. The molecule has 0 N–H and O–H groups in total. The Balaban J connectivity index is 4.95. The van der Waals surface area contributed by atoms with Gasteiger partial charge in [-0.3, -0.25) is 0 Å². The van der Waals surface area contributed by atoms with Gasteiger partial charge in [0.2, 0.25) is 0 Å². The number of hydrogen-bond donors (Lipinski definition) is 0. The topological polar surface area (TPSA) is 27.7 Å². The molecular formula is C27H56O3. The van der Waals surface area contributed by atoms with E-state index in [2.05, 4.69) is 96.9 Å². The van der Waals surface area contributed by atoms with Crippen LogP contribution in [0.2, 0.25) is 0 Å². The lowest BCUT2D eigenvalue weighted by Gasteiger charge is -2.42. The largest absolute Gasteiger partial charge is 0.375 e. The Morgan fingerprint density at radius 3 is 1.53 bits per heavy atom. The molecule has 3 heteroatoms. The summed E-state index contributed by atoms with van der Waals surface area (Å²) in [5.74, 6) is 0.649. The lowest BCUT2D eigenvalue weighted by Crippen LogP contribution is -2.44. The van der Waals surface area contributed by atoms with Crippen LogP contribution in [0.3, 0.4) is 0 Å². The molecule has 0 saturated carbocycles. The first-order valence-corrected chi connectivity index (χ1v) is 12.2. The molecule has 0 aromatic rings. The van der Waals surface area contributed by atoms with E-state index in [-0.39, 0.29) is 28.3 Å². The van der Waals surface area contributed by atoms with Crippen molar-refractivity contribution in [3.8, 4) is 0 Å². The molecule has 0 spiro atoms. The Labute approximate surface area is 190 Å². The monoisotopic (exact) mass is 428 g/mol. The summed E-state index contributed by atoms with van der Waals surface area (Å²) in [5, 5.41) is 0. The molecule has 0 aromatic heterocycles. The van der Waals surface area contributed by atoms with Crippen molar-refractivity contribution in [3.63, 3.8) is 0 Å². The smallest absolute Gasteiger partial charge is 0.0657 e. The van der Waals surface area contributed by atoms with Gasteiger partial charge in [0.1, 0.15) is 0 Å². The maximum Gasteiger partial charge on any atom is 0.0657 e. The van der Waals surface area contributed by atoms with Crippen LogP contribution in [0.1, 0.15) is 123 Å². The van der Waals surface area contributed by atoms with E-state index in [4.69, 9.17) is 14.2 Å². The van der Waals surface area contributed by atoms with E-state index in [1.165, 1.54) is 0 Å². The van der Waals surface area contributed by atoms with Crippen LogP contribution in [0.15, 0.2) is 0 Å². The minimum absolute atomic E-state index is 0.0403. The number of rotatable bonds is 14. The van der Waals surface area contributed by atoms with E-state index in [1.807, 2.05) is 0 Å². The summed E-state index contributed by atoms with van der Waals surface area (Å²) in [5.41, 5.74) is -0.193. The van der Waals surface area contributed by atoms with Crippen molar-refractivity contribution in [2.24, 2.45) is 16.7 Å². The molecular weight excluding hydrogens is 372 g/mol. The van der Waals surface area contributed by atoms with E-state index < -0.39 is 0 Å². The van der Waals surface area contributed by atoms with Crippen molar-refractivity contribution in [2.45, 2.75) is 146 Å². The third-order valence-corrected chi connectivity index (χ3v) is 6.95. The van der Waals surface area contributed by atoms with Gasteiger partial charge >= 0.3 is 0 Å². The van der Waals surface area contributed by atoms with Crippen molar-refractivity contribution in [2.75, 3.05) is 13.2 Å². The molecule has 0 amide bonds. The van der Waals surface area contributed by atoms with Crippen molar-refractivity contribution in [1.82, 2.24) is 0 Å². The molecule has 1 atom stereocenters. The van der Waals surface area contributed by atoms with E-state index in [0.717, 1.165) is 38.9 Å². The summed E-state index contributed by atoms with van der Waals surface area (Å²) in [6.07, 6.45) is 3.96. The van der Waals surface area contributed by atoms with Crippen LogP contribution in [0.4, 0.5) is 0 Å². The van der Waals surface area contributed by atoms with Gasteiger partial charge in [0.25, 0.3) is 0 Å². The zero-order chi connectivity index (χ0) is 24.0. The average molecular weight is 429 g/mol. The molecule has 182 valence electrons. The van der Waals surface area contributed by atoms with Crippen LogP contribution in [0.25, 0.3) is 0 Å². The predicted molar refractivity (Wildman–Crippen MR) is 131 cm³/mol. The average Bonchev–Trinajstić information content (AvgIpc) is 2.51. The predicted octanol–water partition coefficient (Wildman–Crippen LogP) is 8.05. The highest BCUT2D eigenvalue weighted by Gasteiger charge is 2.37. The number of hydrogen-bond acceptors (Lipinski definition) is 3. The van der Waals surface area contributed by atoms with Gasteiger partial charge in [0.05, 0.1) is 29.5 Å². The number of ether oxygens (including phenoxy) is 3. The summed E-state index contributed by atoms with van der Waals surface area (Å²) >= 11 is 0. The summed E-state index contributed by atoms with van der Waals surface area (Å²) in [6, 6.07) is 0. The summed E-state index contributed by atoms with van der Waals surface area (Å²) in [4.78, 5) is 0. The highest BCUT2D eigenvalue weighted by atomic mass is 16.5. The Hall–Kier alpha value is -0.120. The highest BCUT2D eigenvalue weighted by molar-refractivity contribution is 4.86. The highest BCUT2D eigenvalue weighted by Crippen LogP contribution is 2.36. The maximum absolute atomic E-state index is 6.71. The third-order valence-electron chi connectivity index (χ3n) is 6.95. The Morgan fingerprint density at radius 2 is 1.10 bits per heavy atom. The molecule has 1 unspecified atom stereocenters. The Bertz CT molecular complexity index is 481.